The smallest absolute Gasteiger partial charge is 0.408 e. The number of hydrogen-bond acceptors (Lipinski definition) is 3. The monoisotopic (exact) mass is 367 g/mol. The number of carbonyl (C=O) groups excluding carboxylic acids is 1. The summed E-state index contributed by atoms with van der Waals surface area (Å²) in [7, 11) is 0. The summed E-state index contributed by atoms with van der Waals surface area (Å²) in [6, 6.07) is 16.2. The number of hydrogen-bond donors (Lipinski definition) is 2. The quantitative estimate of drug-likeness (QED) is 0.793. The number of nitrogens with one attached hydrogen (secondary N) is 1. The Morgan fingerprint density at radius 2 is 1.63 bits per heavy atom. The second-order valence-electron chi connectivity index (χ2n) is 7.27. The van der Waals surface area contributed by atoms with Crippen LogP contribution in [0.15, 0.2) is 48.5 Å². The molecule has 2 N–H and O–H groups in total. The number of aliphatic carboxylic acids is 1. The molecule has 5 nitrogen and oxygen atoms in total. The lowest BCUT2D eigenvalue weighted by Gasteiger charge is -2.31. The van der Waals surface area contributed by atoms with Crippen molar-refractivity contribution in [2.24, 2.45) is 5.92 Å². The van der Waals surface area contributed by atoms with E-state index in [1.54, 1.807) is 6.92 Å². The zero-order valence-corrected chi connectivity index (χ0v) is 15.9. The summed E-state index contributed by atoms with van der Waals surface area (Å²) in [5, 5.41) is 12.1. The minimum Gasteiger partial charge on any atom is -0.480 e. The fraction of sp³-hybridized carbons (Fsp3) is 0.364. The summed E-state index contributed by atoms with van der Waals surface area (Å²) in [6.07, 6.45) is -0.0750. The molecule has 0 aliphatic heterocycles. The minimum absolute atomic E-state index is 0.0529. The number of fused-ring (bicyclic) bond motifs is 3. The zero-order chi connectivity index (χ0) is 19.6. The van der Waals surface area contributed by atoms with Gasteiger partial charge in [0.2, 0.25) is 0 Å². The molecule has 0 bridgehead atoms. The van der Waals surface area contributed by atoms with Crippen molar-refractivity contribution in [3.8, 4) is 11.1 Å². The standard InChI is InChI=1S/C22H25NO4/c1-4-14(2)22(3,20(24)25)23-21(26)27-13-19-17-11-7-5-9-15(17)16-10-6-8-12-18(16)19/h5-12,14,19H,4,13H2,1-3H3,(H,23,26)(H,24,25)/t14?,22-/m0/s1. The molecule has 142 valence electrons. The van der Waals surface area contributed by atoms with E-state index < -0.39 is 17.6 Å². The summed E-state index contributed by atoms with van der Waals surface area (Å²) in [6.45, 7) is 5.38. The van der Waals surface area contributed by atoms with Gasteiger partial charge in [-0.3, -0.25) is 0 Å². The summed E-state index contributed by atoms with van der Waals surface area (Å²) in [5.74, 6) is -1.34. The average molecular weight is 367 g/mol. The second-order valence-corrected chi connectivity index (χ2v) is 7.27. The van der Waals surface area contributed by atoms with E-state index in [-0.39, 0.29) is 18.4 Å². The van der Waals surface area contributed by atoms with Gasteiger partial charge in [-0.15, -0.1) is 0 Å². The Kier molecular flexibility index (Phi) is 5.22. The van der Waals surface area contributed by atoms with Crippen molar-refractivity contribution in [3.63, 3.8) is 0 Å². The molecular formula is C22H25NO4. The molecule has 3 rings (SSSR count). The summed E-state index contributed by atoms with van der Waals surface area (Å²) in [5.41, 5.74) is 3.18. The van der Waals surface area contributed by atoms with Gasteiger partial charge in [0.15, 0.2) is 0 Å². The highest BCUT2D eigenvalue weighted by Gasteiger charge is 2.40. The van der Waals surface area contributed by atoms with Crippen LogP contribution in [0.25, 0.3) is 11.1 Å². The van der Waals surface area contributed by atoms with Gasteiger partial charge in [-0.1, -0.05) is 68.8 Å². The Morgan fingerprint density at radius 3 is 2.11 bits per heavy atom. The molecule has 5 heteroatoms. The van der Waals surface area contributed by atoms with E-state index in [0.717, 1.165) is 22.3 Å². The summed E-state index contributed by atoms with van der Waals surface area (Å²) >= 11 is 0. The van der Waals surface area contributed by atoms with Crippen LogP contribution in [0.2, 0.25) is 0 Å². The molecule has 0 heterocycles. The highest BCUT2D eigenvalue weighted by Crippen LogP contribution is 2.44. The number of rotatable bonds is 6. The van der Waals surface area contributed by atoms with Gasteiger partial charge >= 0.3 is 12.1 Å². The normalized spacial score (nSPS) is 16.0. The van der Waals surface area contributed by atoms with Gasteiger partial charge in [0.1, 0.15) is 12.1 Å². The van der Waals surface area contributed by atoms with Gasteiger partial charge in [0, 0.05) is 5.92 Å². The molecule has 2 atom stereocenters. The Labute approximate surface area is 159 Å². The molecule has 0 radical (unpaired) electrons. The van der Waals surface area contributed by atoms with Gasteiger partial charge in [0.25, 0.3) is 0 Å². The van der Waals surface area contributed by atoms with Crippen LogP contribution in [0.4, 0.5) is 4.79 Å². The van der Waals surface area contributed by atoms with Crippen molar-refractivity contribution >= 4 is 12.1 Å². The Morgan fingerprint density at radius 1 is 1.11 bits per heavy atom. The fourth-order valence-electron chi connectivity index (χ4n) is 3.64. The molecule has 27 heavy (non-hydrogen) atoms. The largest absolute Gasteiger partial charge is 0.480 e. The SMILES string of the molecule is CCC(C)[C@](C)(NC(=O)OCC1c2ccccc2-c2ccccc21)C(=O)O. The van der Waals surface area contributed by atoms with Crippen molar-refractivity contribution in [1.82, 2.24) is 5.32 Å². The highest BCUT2D eigenvalue weighted by molar-refractivity contribution is 5.84. The molecule has 0 saturated carbocycles. The average Bonchev–Trinajstić information content (AvgIpc) is 2.99. The minimum atomic E-state index is -1.36. The highest BCUT2D eigenvalue weighted by atomic mass is 16.5. The first-order valence-corrected chi connectivity index (χ1v) is 9.25. The molecule has 1 amide bonds. The molecule has 0 spiro atoms. The van der Waals surface area contributed by atoms with Crippen LogP contribution in [0, 0.1) is 5.92 Å². The molecule has 1 aliphatic carbocycles. The van der Waals surface area contributed by atoms with Crippen LogP contribution in [-0.2, 0) is 9.53 Å². The Bertz CT molecular complexity index is 817. The van der Waals surface area contributed by atoms with Crippen molar-refractivity contribution in [1.29, 1.82) is 0 Å². The van der Waals surface area contributed by atoms with Crippen LogP contribution in [0.3, 0.4) is 0 Å². The Hall–Kier alpha value is -2.82. The van der Waals surface area contributed by atoms with Crippen molar-refractivity contribution in [3.05, 3.63) is 59.7 Å². The molecule has 1 unspecified atom stereocenters. The van der Waals surface area contributed by atoms with E-state index in [1.165, 1.54) is 6.92 Å². The molecule has 0 fully saturated rings. The Balaban J connectivity index is 1.75. The van der Waals surface area contributed by atoms with Gasteiger partial charge in [-0.2, -0.15) is 0 Å². The number of carboxylic acids is 1. The number of benzene rings is 2. The maximum atomic E-state index is 12.4. The van der Waals surface area contributed by atoms with E-state index in [0.29, 0.717) is 6.42 Å². The van der Waals surface area contributed by atoms with Crippen molar-refractivity contribution < 1.29 is 19.4 Å². The van der Waals surface area contributed by atoms with E-state index in [1.807, 2.05) is 43.3 Å². The molecule has 1 aliphatic rings. The van der Waals surface area contributed by atoms with Crippen molar-refractivity contribution in [2.45, 2.75) is 38.6 Å². The maximum absolute atomic E-state index is 12.4. The van der Waals surface area contributed by atoms with Crippen LogP contribution in [0.1, 0.15) is 44.2 Å². The van der Waals surface area contributed by atoms with E-state index in [4.69, 9.17) is 4.74 Å². The van der Waals surface area contributed by atoms with Crippen LogP contribution < -0.4 is 5.32 Å². The fourth-order valence-corrected chi connectivity index (χ4v) is 3.64. The number of carbonyl (C=O) groups is 2. The second kappa shape index (κ2) is 7.43. The van der Waals surface area contributed by atoms with E-state index in [2.05, 4.69) is 17.4 Å². The molecule has 0 aromatic heterocycles. The topological polar surface area (TPSA) is 75.6 Å². The van der Waals surface area contributed by atoms with Gasteiger partial charge in [-0.25, -0.2) is 9.59 Å². The molecular weight excluding hydrogens is 342 g/mol. The first-order chi connectivity index (χ1) is 12.9. The summed E-state index contributed by atoms with van der Waals surface area (Å²) < 4.78 is 5.47. The van der Waals surface area contributed by atoms with Gasteiger partial charge in [-0.05, 0) is 35.1 Å². The zero-order valence-electron chi connectivity index (χ0n) is 15.9. The lowest BCUT2D eigenvalue weighted by Crippen LogP contribution is -2.56. The van der Waals surface area contributed by atoms with Gasteiger partial charge < -0.3 is 15.2 Å². The third-order valence-electron chi connectivity index (χ3n) is 5.75. The third-order valence-corrected chi connectivity index (χ3v) is 5.75. The van der Waals surface area contributed by atoms with E-state index in [9.17, 15) is 14.7 Å². The number of amides is 1. The predicted molar refractivity (Wildman–Crippen MR) is 104 cm³/mol. The maximum Gasteiger partial charge on any atom is 0.408 e. The third kappa shape index (κ3) is 3.42. The van der Waals surface area contributed by atoms with Crippen LogP contribution in [0.5, 0.6) is 0 Å². The van der Waals surface area contributed by atoms with E-state index >= 15 is 0 Å². The molecule has 2 aromatic rings. The lowest BCUT2D eigenvalue weighted by molar-refractivity contribution is -0.146. The lowest BCUT2D eigenvalue weighted by atomic mass is 9.85. The van der Waals surface area contributed by atoms with Gasteiger partial charge in [0.05, 0.1) is 0 Å². The van der Waals surface area contributed by atoms with Crippen LogP contribution in [-0.4, -0.2) is 29.3 Å². The van der Waals surface area contributed by atoms with Crippen molar-refractivity contribution in [2.75, 3.05) is 6.61 Å². The molecule has 2 aromatic carbocycles. The summed E-state index contributed by atoms with van der Waals surface area (Å²) in [4.78, 5) is 24.0. The number of alkyl carbamates (subject to hydrolysis) is 1. The van der Waals surface area contributed by atoms with Crippen LogP contribution >= 0.6 is 0 Å². The first kappa shape index (κ1) is 19.0. The number of carboxylic acid groups (broad SMARTS) is 1. The first-order valence-electron chi connectivity index (χ1n) is 9.25. The number of ether oxygens (including phenoxy) is 1. The predicted octanol–water partition coefficient (Wildman–Crippen LogP) is 4.41. The molecule has 0 saturated heterocycles.